The van der Waals surface area contributed by atoms with E-state index in [0.717, 1.165) is 11.3 Å². The molecule has 0 atom stereocenters. The Morgan fingerprint density at radius 1 is 0.680 bits per heavy atom. The van der Waals surface area contributed by atoms with Crippen molar-refractivity contribution in [3.63, 3.8) is 0 Å². The third kappa shape index (κ3) is 3.38. The van der Waals surface area contributed by atoms with E-state index in [-0.39, 0.29) is 0 Å². The first-order chi connectivity index (χ1) is 12.2. The molecule has 2 rings (SSSR count). The topological polar surface area (TPSA) is 55.4 Å². The number of ether oxygens (including phenoxy) is 6. The van der Waals surface area contributed by atoms with Crippen LogP contribution >= 0.6 is 0 Å². The summed E-state index contributed by atoms with van der Waals surface area (Å²) < 4.78 is 33.4. The minimum atomic E-state index is 0.406. The Morgan fingerprint density at radius 2 is 1.16 bits per heavy atom. The van der Waals surface area contributed by atoms with Crippen molar-refractivity contribution < 1.29 is 28.4 Å². The number of methoxy groups -OCH3 is 5. The Kier molecular flexibility index (Phi) is 6.22. The summed E-state index contributed by atoms with van der Waals surface area (Å²) >= 11 is 0. The van der Waals surface area contributed by atoms with Gasteiger partial charge in [-0.3, -0.25) is 0 Å². The smallest absolute Gasteiger partial charge is 0.211 e. The molecule has 0 amide bonds. The second-order valence-electron chi connectivity index (χ2n) is 5.00. The third-order valence-corrected chi connectivity index (χ3v) is 3.73. The first kappa shape index (κ1) is 18.6. The van der Waals surface area contributed by atoms with Gasteiger partial charge in [0.2, 0.25) is 17.2 Å². The SMILES string of the molecule is CCOc1cccc(-c2c(OC)c(OC)c(OC)c(OC)c2OC)c1. The molecule has 0 aliphatic carbocycles. The van der Waals surface area contributed by atoms with Crippen LogP contribution in [-0.2, 0) is 0 Å². The largest absolute Gasteiger partial charge is 0.494 e. The Balaban J connectivity index is 2.85. The van der Waals surface area contributed by atoms with E-state index in [1.165, 1.54) is 7.11 Å². The van der Waals surface area contributed by atoms with Crippen molar-refractivity contribution in [1.29, 1.82) is 0 Å². The van der Waals surface area contributed by atoms with Gasteiger partial charge in [-0.2, -0.15) is 0 Å². The molecule has 0 unspecified atom stereocenters. The molecule has 0 radical (unpaired) electrons. The van der Waals surface area contributed by atoms with E-state index < -0.39 is 0 Å². The summed E-state index contributed by atoms with van der Waals surface area (Å²) in [6, 6.07) is 7.65. The zero-order chi connectivity index (χ0) is 18.4. The van der Waals surface area contributed by atoms with Crippen LogP contribution in [0.1, 0.15) is 6.92 Å². The van der Waals surface area contributed by atoms with Crippen molar-refractivity contribution in [2.75, 3.05) is 42.2 Å². The zero-order valence-corrected chi connectivity index (χ0v) is 15.5. The van der Waals surface area contributed by atoms with Gasteiger partial charge in [-0.1, -0.05) is 12.1 Å². The molecule has 2 aromatic carbocycles. The van der Waals surface area contributed by atoms with Crippen LogP contribution in [0.15, 0.2) is 24.3 Å². The molecule has 25 heavy (non-hydrogen) atoms. The monoisotopic (exact) mass is 348 g/mol. The summed E-state index contributed by atoms with van der Waals surface area (Å²) in [6.07, 6.45) is 0. The average Bonchev–Trinajstić information content (AvgIpc) is 2.65. The highest BCUT2D eigenvalue weighted by molar-refractivity contribution is 5.87. The second kappa shape index (κ2) is 8.37. The highest BCUT2D eigenvalue weighted by Gasteiger charge is 2.29. The molecular weight excluding hydrogens is 324 g/mol. The summed E-state index contributed by atoms with van der Waals surface area (Å²) in [6.45, 7) is 2.51. The van der Waals surface area contributed by atoms with Gasteiger partial charge >= 0.3 is 0 Å². The lowest BCUT2D eigenvalue weighted by Gasteiger charge is -2.22. The van der Waals surface area contributed by atoms with Gasteiger partial charge in [0.1, 0.15) is 5.75 Å². The van der Waals surface area contributed by atoms with Crippen molar-refractivity contribution in [2.45, 2.75) is 6.92 Å². The third-order valence-electron chi connectivity index (χ3n) is 3.73. The summed E-state index contributed by atoms with van der Waals surface area (Å²) in [5, 5.41) is 0. The lowest BCUT2D eigenvalue weighted by molar-refractivity contribution is 0.292. The summed E-state index contributed by atoms with van der Waals surface area (Å²) in [5.41, 5.74) is 1.54. The molecule has 0 bridgehead atoms. The van der Waals surface area contributed by atoms with Crippen LogP contribution in [0.25, 0.3) is 11.1 Å². The van der Waals surface area contributed by atoms with E-state index in [2.05, 4.69) is 0 Å². The van der Waals surface area contributed by atoms with Gasteiger partial charge < -0.3 is 28.4 Å². The van der Waals surface area contributed by atoms with Crippen LogP contribution < -0.4 is 28.4 Å². The molecular formula is C19H24O6. The van der Waals surface area contributed by atoms with Gasteiger partial charge in [-0.05, 0) is 24.6 Å². The summed E-state index contributed by atoms with van der Waals surface area (Å²) in [7, 11) is 7.77. The summed E-state index contributed by atoms with van der Waals surface area (Å²) in [4.78, 5) is 0. The fourth-order valence-corrected chi connectivity index (χ4v) is 2.76. The number of benzene rings is 2. The lowest BCUT2D eigenvalue weighted by Crippen LogP contribution is -2.03. The maximum absolute atomic E-state index is 5.62. The van der Waals surface area contributed by atoms with Crippen molar-refractivity contribution in [3.8, 4) is 45.6 Å². The first-order valence-electron chi connectivity index (χ1n) is 7.83. The fourth-order valence-electron chi connectivity index (χ4n) is 2.76. The normalized spacial score (nSPS) is 10.2. The van der Waals surface area contributed by atoms with E-state index >= 15 is 0 Å². The zero-order valence-electron chi connectivity index (χ0n) is 15.5. The van der Waals surface area contributed by atoms with E-state index in [4.69, 9.17) is 28.4 Å². The molecule has 136 valence electrons. The highest BCUT2D eigenvalue weighted by atomic mass is 16.6. The lowest BCUT2D eigenvalue weighted by atomic mass is 10.0. The van der Waals surface area contributed by atoms with Crippen LogP contribution in [0.4, 0.5) is 0 Å². The maximum atomic E-state index is 5.62. The van der Waals surface area contributed by atoms with Crippen molar-refractivity contribution >= 4 is 0 Å². The molecule has 0 aliphatic heterocycles. The van der Waals surface area contributed by atoms with Crippen LogP contribution in [0.5, 0.6) is 34.5 Å². The van der Waals surface area contributed by atoms with E-state index in [9.17, 15) is 0 Å². The predicted octanol–water partition coefficient (Wildman–Crippen LogP) is 3.80. The summed E-state index contributed by atoms with van der Waals surface area (Å²) in [5.74, 6) is 3.00. The molecule has 0 aliphatic rings. The van der Waals surface area contributed by atoms with E-state index in [1.807, 2.05) is 31.2 Å². The standard InChI is InChI=1S/C19H24O6/c1-7-25-13-10-8-9-12(11-13)14-15(20-2)17(22-4)19(24-6)18(23-5)16(14)21-3/h8-11H,7H2,1-6H3. The van der Waals surface area contributed by atoms with E-state index in [1.54, 1.807) is 28.4 Å². The van der Waals surface area contributed by atoms with Gasteiger partial charge in [0.25, 0.3) is 0 Å². The molecule has 0 N–H and O–H groups in total. The molecule has 0 saturated heterocycles. The maximum Gasteiger partial charge on any atom is 0.211 e. The average molecular weight is 348 g/mol. The van der Waals surface area contributed by atoms with Crippen LogP contribution in [-0.4, -0.2) is 42.2 Å². The second-order valence-corrected chi connectivity index (χ2v) is 5.00. The molecule has 6 nitrogen and oxygen atoms in total. The number of hydrogen-bond donors (Lipinski definition) is 0. The predicted molar refractivity (Wildman–Crippen MR) is 95.8 cm³/mol. The van der Waals surface area contributed by atoms with Crippen LogP contribution in [0.3, 0.4) is 0 Å². The molecule has 6 heteroatoms. The quantitative estimate of drug-likeness (QED) is 0.723. The van der Waals surface area contributed by atoms with E-state index in [0.29, 0.717) is 40.9 Å². The molecule has 0 aromatic heterocycles. The van der Waals surface area contributed by atoms with Gasteiger partial charge in [-0.15, -0.1) is 0 Å². The minimum Gasteiger partial charge on any atom is -0.494 e. The number of rotatable bonds is 8. The fraction of sp³-hybridized carbons (Fsp3) is 0.368. The molecule has 0 saturated carbocycles. The van der Waals surface area contributed by atoms with Crippen LogP contribution in [0.2, 0.25) is 0 Å². The highest BCUT2D eigenvalue weighted by Crippen LogP contribution is 2.57. The van der Waals surface area contributed by atoms with Crippen molar-refractivity contribution in [3.05, 3.63) is 24.3 Å². The number of hydrogen-bond acceptors (Lipinski definition) is 6. The molecule has 0 spiro atoms. The Hall–Kier alpha value is -2.76. The van der Waals surface area contributed by atoms with Gasteiger partial charge in [0, 0.05) is 0 Å². The van der Waals surface area contributed by atoms with Gasteiger partial charge in [0.15, 0.2) is 11.5 Å². The molecule has 0 heterocycles. The van der Waals surface area contributed by atoms with Gasteiger partial charge in [-0.25, -0.2) is 0 Å². The van der Waals surface area contributed by atoms with Crippen molar-refractivity contribution in [2.24, 2.45) is 0 Å². The minimum absolute atomic E-state index is 0.406. The van der Waals surface area contributed by atoms with Crippen molar-refractivity contribution in [1.82, 2.24) is 0 Å². The Morgan fingerprint density at radius 3 is 1.60 bits per heavy atom. The van der Waals surface area contributed by atoms with Gasteiger partial charge in [0.05, 0.1) is 47.7 Å². The van der Waals surface area contributed by atoms with Crippen LogP contribution in [0, 0.1) is 0 Å². The Bertz CT molecular complexity index is 693. The molecule has 0 fully saturated rings. The molecule has 2 aromatic rings. The first-order valence-corrected chi connectivity index (χ1v) is 7.83. The Labute approximate surface area is 148 Å².